The minimum atomic E-state index is -0.729. The fourth-order valence-corrected chi connectivity index (χ4v) is 1.57. The Hall–Kier alpha value is -1.96. The van der Waals surface area contributed by atoms with E-state index >= 15 is 0 Å². The molecule has 0 aliphatic carbocycles. The summed E-state index contributed by atoms with van der Waals surface area (Å²) in [4.78, 5) is 38.5. The van der Waals surface area contributed by atoms with Crippen LogP contribution >= 0.6 is 11.3 Å². The zero-order chi connectivity index (χ0) is 10.8. The van der Waals surface area contributed by atoms with Gasteiger partial charge < -0.3 is 4.98 Å². The van der Waals surface area contributed by atoms with Crippen LogP contribution in [0.2, 0.25) is 0 Å². The predicted molar refractivity (Wildman–Crippen MR) is 52.4 cm³/mol. The van der Waals surface area contributed by atoms with Gasteiger partial charge in [-0.25, -0.2) is 4.99 Å². The number of carbonyl (C=O) groups excluding carboxylic acids is 2. The maximum atomic E-state index is 10.8. The molecule has 0 atom stereocenters. The van der Waals surface area contributed by atoms with E-state index < -0.39 is 11.8 Å². The molecule has 7 nitrogen and oxygen atoms in total. The highest BCUT2D eigenvalue weighted by Crippen LogP contribution is 1.97. The molecule has 1 aromatic heterocycles. The van der Waals surface area contributed by atoms with Gasteiger partial charge in [-0.1, -0.05) is 11.3 Å². The Labute approximate surface area is 87.2 Å². The Kier molecular flexibility index (Phi) is 2.34. The number of aromatic nitrogens is 1. The first-order valence-electron chi connectivity index (χ1n) is 3.98. The van der Waals surface area contributed by atoms with Gasteiger partial charge in [-0.2, -0.15) is 0 Å². The van der Waals surface area contributed by atoms with Gasteiger partial charge in [0.15, 0.2) is 0 Å². The van der Waals surface area contributed by atoms with E-state index in [0.717, 1.165) is 11.3 Å². The van der Waals surface area contributed by atoms with Crippen LogP contribution in [-0.4, -0.2) is 22.8 Å². The van der Waals surface area contributed by atoms with Crippen molar-refractivity contribution in [2.75, 3.05) is 0 Å². The molecule has 0 saturated carbocycles. The molecule has 1 fully saturated rings. The second-order valence-corrected chi connectivity index (χ2v) is 3.59. The maximum absolute atomic E-state index is 10.8. The van der Waals surface area contributed by atoms with Gasteiger partial charge in [0.1, 0.15) is 0 Å². The molecule has 2 rings (SSSR count). The molecule has 1 saturated heterocycles. The fourth-order valence-electron chi connectivity index (χ4n) is 0.995. The molecule has 0 aromatic carbocycles. The standard InChI is InChI=1S/C7H6N4O3S/c12-4-5(13)11-6(10-4)8-1-3-2-15-7(14)9-3/h2H,1H2,(H,9,14)(H2,8,10,11,12,13). The van der Waals surface area contributed by atoms with Crippen molar-refractivity contribution in [2.45, 2.75) is 6.54 Å². The van der Waals surface area contributed by atoms with Crippen LogP contribution in [0.3, 0.4) is 0 Å². The van der Waals surface area contributed by atoms with E-state index in [1.165, 1.54) is 0 Å². The minimum absolute atomic E-state index is 0.108. The van der Waals surface area contributed by atoms with E-state index in [1.54, 1.807) is 5.38 Å². The zero-order valence-corrected chi connectivity index (χ0v) is 8.18. The van der Waals surface area contributed by atoms with E-state index in [1.807, 2.05) is 0 Å². The second-order valence-electron chi connectivity index (χ2n) is 2.75. The normalized spacial score (nSPS) is 15.1. The molecule has 0 unspecified atom stereocenters. The zero-order valence-electron chi connectivity index (χ0n) is 7.36. The van der Waals surface area contributed by atoms with Crippen molar-refractivity contribution in [1.29, 1.82) is 0 Å². The van der Waals surface area contributed by atoms with Gasteiger partial charge in [-0.3, -0.25) is 25.0 Å². The third-order valence-corrected chi connectivity index (χ3v) is 2.37. The smallest absolute Gasteiger partial charge is 0.315 e. The number of H-pyrrole nitrogens is 1. The van der Waals surface area contributed by atoms with Crippen molar-refractivity contribution in [3.63, 3.8) is 0 Å². The van der Waals surface area contributed by atoms with Crippen LogP contribution in [0, 0.1) is 0 Å². The first-order valence-corrected chi connectivity index (χ1v) is 4.86. The second kappa shape index (κ2) is 3.65. The molecule has 2 amide bonds. The topological polar surface area (TPSA) is 103 Å². The average Bonchev–Trinajstić information content (AvgIpc) is 2.72. The third-order valence-electron chi connectivity index (χ3n) is 1.65. The fraction of sp³-hybridized carbons (Fsp3) is 0.143. The molecule has 0 bridgehead atoms. The molecule has 0 spiro atoms. The molecule has 3 N–H and O–H groups in total. The molecule has 1 aromatic rings. The molecule has 0 radical (unpaired) electrons. The molecular weight excluding hydrogens is 220 g/mol. The van der Waals surface area contributed by atoms with Crippen LogP contribution < -0.4 is 15.5 Å². The maximum Gasteiger partial charge on any atom is 0.316 e. The highest BCUT2D eigenvalue weighted by molar-refractivity contribution is 7.07. The summed E-state index contributed by atoms with van der Waals surface area (Å²) in [7, 11) is 0. The van der Waals surface area contributed by atoms with E-state index in [2.05, 4.69) is 20.6 Å². The highest BCUT2D eigenvalue weighted by atomic mass is 32.1. The van der Waals surface area contributed by atoms with Crippen LogP contribution in [0.5, 0.6) is 0 Å². The van der Waals surface area contributed by atoms with Crippen molar-refractivity contribution in [2.24, 2.45) is 4.99 Å². The van der Waals surface area contributed by atoms with Gasteiger partial charge in [0.2, 0.25) is 5.96 Å². The van der Waals surface area contributed by atoms with Crippen molar-refractivity contribution in [3.05, 3.63) is 20.7 Å². The van der Waals surface area contributed by atoms with Crippen LogP contribution in [0.1, 0.15) is 5.69 Å². The lowest BCUT2D eigenvalue weighted by Crippen LogP contribution is -2.25. The van der Waals surface area contributed by atoms with Gasteiger partial charge in [-0.05, 0) is 0 Å². The average molecular weight is 226 g/mol. The number of hydrogen-bond acceptors (Lipinski definition) is 5. The van der Waals surface area contributed by atoms with Crippen molar-refractivity contribution in [3.8, 4) is 0 Å². The van der Waals surface area contributed by atoms with Gasteiger partial charge in [0.05, 0.1) is 12.2 Å². The van der Waals surface area contributed by atoms with Crippen LogP contribution in [0.25, 0.3) is 0 Å². The Morgan fingerprint density at radius 2 is 1.87 bits per heavy atom. The van der Waals surface area contributed by atoms with E-state index in [9.17, 15) is 14.4 Å². The number of nitrogens with zero attached hydrogens (tertiary/aromatic N) is 1. The largest absolute Gasteiger partial charge is 0.316 e. The third kappa shape index (κ3) is 2.10. The van der Waals surface area contributed by atoms with Crippen molar-refractivity contribution < 1.29 is 9.59 Å². The summed E-state index contributed by atoms with van der Waals surface area (Å²) in [5.41, 5.74) is 0.632. The molecule has 8 heteroatoms. The van der Waals surface area contributed by atoms with Gasteiger partial charge in [0, 0.05) is 5.38 Å². The Bertz CT molecular complexity index is 482. The van der Waals surface area contributed by atoms with Crippen LogP contribution in [0.4, 0.5) is 0 Å². The first-order chi connectivity index (χ1) is 7.15. The Balaban J connectivity index is 2.04. The van der Waals surface area contributed by atoms with Crippen LogP contribution in [-0.2, 0) is 16.1 Å². The lowest BCUT2D eigenvalue weighted by molar-refractivity contribution is -0.135. The first kappa shape index (κ1) is 9.59. The lowest BCUT2D eigenvalue weighted by atomic mass is 10.5. The number of thiazole rings is 1. The number of rotatable bonds is 2. The quantitative estimate of drug-likeness (QED) is 0.537. The highest BCUT2D eigenvalue weighted by Gasteiger charge is 2.24. The van der Waals surface area contributed by atoms with E-state index in [0.29, 0.717) is 5.69 Å². The summed E-state index contributed by atoms with van der Waals surface area (Å²) in [6, 6.07) is 0. The van der Waals surface area contributed by atoms with Gasteiger partial charge in [-0.15, -0.1) is 0 Å². The van der Waals surface area contributed by atoms with Crippen molar-refractivity contribution >= 4 is 29.1 Å². The summed E-state index contributed by atoms with van der Waals surface area (Å²) >= 11 is 1.03. The molecular formula is C7H6N4O3S. The number of aromatic amines is 1. The molecule has 1 aliphatic rings. The Morgan fingerprint density at radius 3 is 2.40 bits per heavy atom. The van der Waals surface area contributed by atoms with E-state index in [-0.39, 0.29) is 17.4 Å². The number of carbonyl (C=O) groups is 2. The summed E-state index contributed by atoms with van der Waals surface area (Å²) in [6.45, 7) is 0.203. The monoisotopic (exact) mass is 226 g/mol. The van der Waals surface area contributed by atoms with Crippen molar-refractivity contribution in [1.82, 2.24) is 15.6 Å². The molecule has 2 heterocycles. The summed E-state index contributed by atoms with van der Waals surface area (Å²) in [6.07, 6.45) is 0. The number of amides is 2. The summed E-state index contributed by atoms with van der Waals surface area (Å²) < 4.78 is 0. The lowest BCUT2D eigenvalue weighted by Gasteiger charge is -1.94. The Morgan fingerprint density at radius 1 is 1.20 bits per heavy atom. The summed E-state index contributed by atoms with van der Waals surface area (Å²) in [5, 5.41) is 6.11. The number of aliphatic imine (C=N–C) groups is 1. The predicted octanol–water partition coefficient (Wildman–Crippen LogP) is -1.46. The molecule has 78 valence electrons. The number of hydrogen-bond donors (Lipinski definition) is 3. The molecule has 15 heavy (non-hydrogen) atoms. The summed E-state index contributed by atoms with van der Waals surface area (Å²) in [5.74, 6) is -1.35. The van der Waals surface area contributed by atoms with Crippen LogP contribution in [0.15, 0.2) is 15.2 Å². The number of guanidine groups is 1. The minimum Gasteiger partial charge on any atom is -0.315 e. The van der Waals surface area contributed by atoms with Gasteiger partial charge >= 0.3 is 16.7 Å². The van der Waals surface area contributed by atoms with Gasteiger partial charge in [0.25, 0.3) is 0 Å². The van der Waals surface area contributed by atoms with E-state index in [4.69, 9.17) is 0 Å². The molecule has 1 aliphatic heterocycles. The number of nitrogens with one attached hydrogen (secondary N) is 3. The SMILES string of the molecule is O=C1NC(=NCc2csc(=O)[nH]2)NC1=O.